The van der Waals surface area contributed by atoms with E-state index in [0.29, 0.717) is 18.1 Å². The molecule has 0 bridgehead atoms. The molecular weight excluding hydrogens is 324 g/mol. The number of amides is 1. The van der Waals surface area contributed by atoms with Crippen molar-refractivity contribution >= 4 is 21.8 Å². The second-order valence-corrected chi connectivity index (χ2v) is 5.12. The fourth-order valence-electron chi connectivity index (χ4n) is 1.68. The summed E-state index contributed by atoms with van der Waals surface area (Å²) in [6.45, 7) is 6.07. The van der Waals surface area contributed by atoms with Crippen LogP contribution >= 0.6 is 15.9 Å². The monoisotopic (exact) mass is 344 g/mol. The molecule has 6 heteroatoms. The lowest BCUT2D eigenvalue weighted by Crippen LogP contribution is -2.20. The Morgan fingerprint density at radius 1 is 1.35 bits per heavy atom. The topological polar surface area (TPSA) is 73.6 Å². The lowest BCUT2D eigenvalue weighted by atomic mass is 10.2. The number of rotatable bonds is 9. The van der Waals surface area contributed by atoms with Crippen molar-refractivity contribution in [1.82, 2.24) is 5.32 Å². The minimum Gasteiger partial charge on any atom is -0.490 e. The minimum atomic E-state index is -0.520. The molecule has 3 N–H and O–H groups in total. The van der Waals surface area contributed by atoms with Crippen molar-refractivity contribution in [2.45, 2.75) is 26.8 Å². The van der Waals surface area contributed by atoms with Gasteiger partial charge in [-0.3, -0.25) is 4.79 Å². The Hall–Kier alpha value is -1.27. The van der Waals surface area contributed by atoms with Crippen LogP contribution in [0.4, 0.5) is 0 Å². The third-order valence-electron chi connectivity index (χ3n) is 2.48. The number of hydrogen-bond donors (Lipinski definition) is 2. The van der Waals surface area contributed by atoms with Gasteiger partial charge in [0, 0.05) is 6.54 Å². The summed E-state index contributed by atoms with van der Waals surface area (Å²) in [7, 11) is 0. The zero-order chi connectivity index (χ0) is 15.0. The highest BCUT2D eigenvalue weighted by atomic mass is 79.9. The molecule has 0 aliphatic carbocycles. The van der Waals surface area contributed by atoms with E-state index in [4.69, 9.17) is 15.2 Å². The van der Waals surface area contributed by atoms with Gasteiger partial charge in [-0.1, -0.05) is 6.92 Å². The molecule has 0 unspecified atom stereocenters. The molecule has 0 radical (unpaired) electrons. The Bertz CT molecular complexity index is 452. The average Bonchev–Trinajstić information content (AvgIpc) is 2.38. The number of carbonyl (C=O) groups excluding carboxylic acids is 1. The summed E-state index contributed by atoms with van der Waals surface area (Å²) in [6.07, 6.45) is 1.08. The van der Waals surface area contributed by atoms with E-state index < -0.39 is 5.91 Å². The molecule has 0 atom stereocenters. The number of nitrogens with one attached hydrogen (secondary N) is 1. The number of halogens is 1. The fraction of sp³-hybridized carbons (Fsp3) is 0.500. The van der Waals surface area contributed by atoms with E-state index >= 15 is 0 Å². The summed E-state index contributed by atoms with van der Waals surface area (Å²) in [4.78, 5) is 10.8. The molecule has 20 heavy (non-hydrogen) atoms. The zero-order valence-electron chi connectivity index (χ0n) is 11.9. The Labute approximate surface area is 127 Å². The van der Waals surface area contributed by atoms with E-state index in [-0.39, 0.29) is 6.61 Å². The first-order chi connectivity index (χ1) is 9.58. The number of benzene rings is 1. The van der Waals surface area contributed by atoms with Crippen molar-refractivity contribution in [3.63, 3.8) is 0 Å². The van der Waals surface area contributed by atoms with Crippen LogP contribution in [0, 0.1) is 0 Å². The summed E-state index contributed by atoms with van der Waals surface area (Å²) < 4.78 is 11.7. The number of nitrogens with two attached hydrogens (primary N) is 1. The molecule has 1 rings (SSSR count). The van der Waals surface area contributed by atoms with Gasteiger partial charge in [0.05, 0.1) is 11.1 Å². The SMILES string of the molecule is CCCNCc1cc(Br)c(OCC(N)=O)c(OCC)c1. The largest absolute Gasteiger partial charge is 0.490 e. The molecule has 0 aliphatic rings. The van der Waals surface area contributed by atoms with E-state index in [1.54, 1.807) is 0 Å². The van der Waals surface area contributed by atoms with Crippen molar-refractivity contribution in [3.05, 3.63) is 22.2 Å². The van der Waals surface area contributed by atoms with Gasteiger partial charge in [-0.15, -0.1) is 0 Å². The number of ether oxygens (including phenoxy) is 2. The van der Waals surface area contributed by atoms with Crippen LogP contribution in [0.5, 0.6) is 11.5 Å². The predicted molar refractivity (Wildman–Crippen MR) is 82.0 cm³/mol. The Morgan fingerprint density at radius 3 is 2.70 bits per heavy atom. The van der Waals surface area contributed by atoms with Gasteiger partial charge in [0.1, 0.15) is 0 Å². The second-order valence-electron chi connectivity index (χ2n) is 4.27. The molecule has 0 saturated heterocycles. The zero-order valence-corrected chi connectivity index (χ0v) is 13.5. The van der Waals surface area contributed by atoms with E-state index in [2.05, 4.69) is 28.2 Å². The van der Waals surface area contributed by atoms with Gasteiger partial charge in [0.25, 0.3) is 5.91 Å². The van der Waals surface area contributed by atoms with E-state index in [9.17, 15) is 4.79 Å². The molecule has 1 aromatic carbocycles. The van der Waals surface area contributed by atoms with Crippen LogP contribution in [-0.2, 0) is 11.3 Å². The Balaban J connectivity index is 2.89. The van der Waals surface area contributed by atoms with Crippen LogP contribution in [0.1, 0.15) is 25.8 Å². The third kappa shape index (κ3) is 5.38. The van der Waals surface area contributed by atoms with Crippen LogP contribution < -0.4 is 20.5 Å². The molecule has 0 fully saturated rings. The van der Waals surface area contributed by atoms with E-state index in [1.807, 2.05) is 19.1 Å². The normalized spacial score (nSPS) is 10.3. The van der Waals surface area contributed by atoms with Gasteiger partial charge in [-0.2, -0.15) is 0 Å². The smallest absolute Gasteiger partial charge is 0.255 e. The van der Waals surface area contributed by atoms with E-state index in [0.717, 1.165) is 29.5 Å². The van der Waals surface area contributed by atoms with Gasteiger partial charge in [0.15, 0.2) is 18.1 Å². The van der Waals surface area contributed by atoms with Crippen LogP contribution in [0.3, 0.4) is 0 Å². The van der Waals surface area contributed by atoms with E-state index in [1.165, 1.54) is 0 Å². The maximum Gasteiger partial charge on any atom is 0.255 e. The van der Waals surface area contributed by atoms with Crippen molar-refractivity contribution in [3.8, 4) is 11.5 Å². The van der Waals surface area contributed by atoms with Crippen molar-refractivity contribution in [1.29, 1.82) is 0 Å². The summed E-state index contributed by atoms with van der Waals surface area (Å²) >= 11 is 3.44. The van der Waals surface area contributed by atoms with Crippen molar-refractivity contribution in [2.24, 2.45) is 5.73 Å². The van der Waals surface area contributed by atoms with Gasteiger partial charge in [0.2, 0.25) is 0 Å². The molecule has 1 aromatic rings. The first-order valence-corrected chi connectivity index (χ1v) is 7.44. The number of hydrogen-bond acceptors (Lipinski definition) is 4. The lowest BCUT2D eigenvalue weighted by Gasteiger charge is -2.15. The highest BCUT2D eigenvalue weighted by Crippen LogP contribution is 2.36. The fourth-order valence-corrected chi connectivity index (χ4v) is 2.28. The number of primary amides is 1. The summed E-state index contributed by atoms with van der Waals surface area (Å²) in [5.74, 6) is 0.592. The third-order valence-corrected chi connectivity index (χ3v) is 3.07. The molecule has 0 aromatic heterocycles. The maximum atomic E-state index is 10.8. The standard InChI is InChI=1S/C14H21BrN2O3/c1-3-5-17-8-10-6-11(15)14(20-9-13(16)18)12(7-10)19-4-2/h6-7,17H,3-5,8-9H2,1-2H3,(H2,16,18). The van der Waals surface area contributed by atoms with Gasteiger partial charge in [-0.05, 0) is 53.5 Å². The number of carbonyl (C=O) groups is 1. The molecular formula is C14H21BrN2O3. The van der Waals surface area contributed by atoms with Crippen LogP contribution in [0.15, 0.2) is 16.6 Å². The first-order valence-electron chi connectivity index (χ1n) is 6.65. The second kappa shape index (κ2) is 8.81. The first kappa shape index (κ1) is 16.8. The summed E-state index contributed by atoms with van der Waals surface area (Å²) in [6, 6.07) is 3.86. The predicted octanol–water partition coefficient (Wildman–Crippen LogP) is 2.21. The summed E-state index contributed by atoms with van der Waals surface area (Å²) in [5, 5.41) is 3.33. The van der Waals surface area contributed by atoms with Crippen molar-refractivity contribution in [2.75, 3.05) is 19.8 Å². The molecule has 1 amide bonds. The molecule has 0 spiro atoms. The van der Waals surface area contributed by atoms with Gasteiger partial charge < -0.3 is 20.5 Å². The molecule has 5 nitrogen and oxygen atoms in total. The molecule has 112 valence electrons. The molecule has 0 saturated carbocycles. The minimum absolute atomic E-state index is 0.174. The van der Waals surface area contributed by atoms with Gasteiger partial charge in [-0.25, -0.2) is 0 Å². The highest BCUT2D eigenvalue weighted by Gasteiger charge is 2.13. The van der Waals surface area contributed by atoms with Crippen LogP contribution in [0.25, 0.3) is 0 Å². The van der Waals surface area contributed by atoms with Crippen molar-refractivity contribution < 1.29 is 14.3 Å². The Morgan fingerprint density at radius 2 is 2.10 bits per heavy atom. The Kier molecular flexibility index (Phi) is 7.40. The highest BCUT2D eigenvalue weighted by molar-refractivity contribution is 9.10. The van der Waals surface area contributed by atoms with Gasteiger partial charge >= 0.3 is 0 Å². The average molecular weight is 345 g/mol. The molecule has 0 heterocycles. The van der Waals surface area contributed by atoms with Crippen LogP contribution in [-0.4, -0.2) is 25.7 Å². The maximum absolute atomic E-state index is 10.8. The lowest BCUT2D eigenvalue weighted by molar-refractivity contribution is -0.119. The van der Waals surface area contributed by atoms with Crippen LogP contribution in [0.2, 0.25) is 0 Å². The quantitative estimate of drug-likeness (QED) is 0.673. The summed E-state index contributed by atoms with van der Waals surface area (Å²) in [5.41, 5.74) is 6.18. The molecule has 0 aliphatic heterocycles.